The Morgan fingerprint density at radius 2 is 1.76 bits per heavy atom. The monoisotopic (exact) mass is 442 g/mol. The summed E-state index contributed by atoms with van der Waals surface area (Å²) in [6.07, 6.45) is 1.66. The van der Waals surface area contributed by atoms with E-state index < -0.39 is 0 Å². The first kappa shape index (κ1) is 19.8. The number of phenolic OH excluding ortho intramolecular Hbond substituents is 1. The molecule has 0 amide bonds. The number of rotatable bonds is 4. The Morgan fingerprint density at radius 3 is 2.52 bits per heavy atom. The van der Waals surface area contributed by atoms with E-state index >= 15 is 0 Å². The van der Waals surface area contributed by atoms with Gasteiger partial charge >= 0.3 is 0 Å². The van der Waals surface area contributed by atoms with Crippen molar-refractivity contribution >= 4 is 51.4 Å². The summed E-state index contributed by atoms with van der Waals surface area (Å²) in [7, 11) is 0. The molecule has 0 radical (unpaired) electrons. The first-order chi connectivity index (χ1) is 13.9. The molecule has 0 fully saturated rings. The van der Waals surface area contributed by atoms with Crippen molar-refractivity contribution in [3.05, 3.63) is 98.6 Å². The molecule has 0 aliphatic carbocycles. The third-order valence-electron chi connectivity index (χ3n) is 4.86. The summed E-state index contributed by atoms with van der Waals surface area (Å²) in [6.45, 7) is 1.97. The Hall–Kier alpha value is -2.46. The van der Waals surface area contributed by atoms with Crippen LogP contribution in [0.15, 0.2) is 66.9 Å². The molecular formula is C23H17Cl3N2O. The lowest BCUT2D eigenvalue weighted by Gasteiger charge is -2.24. The zero-order chi connectivity index (χ0) is 20.5. The van der Waals surface area contributed by atoms with Crippen LogP contribution in [0.3, 0.4) is 0 Å². The van der Waals surface area contributed by atoms with Crippen LogP contribution in [0.4, 0.5) is 5.69 Å². The summed E-state index contributed by atoms with van der Waals surface area (Å²) in [6, 6.07) is 18.3. The number of nitrogens with one attached hydrogen (secondary N) is 1. The largest absolute Gasteiger partial charge is 0.505 e. The standard InChI is InChI=1S/C23H17Cl3N2O/c1-13-11-16(24)6-9-20(13)28-21(15-5-8-18(25)19(26)12-15)17-7-4-14-3-2-10-27-22(14)23(17)29/h2-12,21,28-29H,1H3. The second-order valence-electron chi connectivity index (χ2n) is 6.79. The molecule has 1 atom stereocenters. The van der Waals surface area contributed by atoms with E-state index in [4.69, 9.17) is 34.8 Å². The van der Waals surface area contributed by atoms with Crippen molar-refractivity contribution in [2.45, 2.75) is 13.0 Å². The molecule has 0 bridgehead atoms. The van der Waals surface area contributed by atoms with Gasteiger partial charge in [0.05, 0.1) is 16.1 Å². The van der Waals surface area contributed by atoms with Crippen molar-refractivity contribution in [2.75, 3.05) is 5.32 Å². The van der Waals surface area contributed by atoms with Gasteiger partial charge in [-0.05, 0) is 54.4 Å². The number of phenols is 1. The highest BCUT2D eigenvalue weighted by Crippen LogP contribution is 2.38. The van der Waals surface area contributed by atoms with Gasteiger partial charge in [0.15, 0.2) is 0 Å². The third kappa shape index (κ3) is 3.99. The number of fused-ring (bicyclic) bond motifs is 1. The van der Waals surface area contributed by atoms with Crippen molar-refractivity contribution in [3.8, 4) is 5.75 Å². The Bertz CT molecular complexity index is 1210. The van der Waals surface area contributed by atoms with Gasteiger partial charge < -0.3 is 10.4 Å². The Balaban J connectivity index is 1.88. The molecule has 1 aromatic heterocycles. The van der Waals surface area contributed by atoms with Crippen LogP contribution < -0.4 is 5.32 Å². The highest BCUT2D eigenvalue weighted by molar-refractivity contribution is 6.42. The van der Waals surface area contributed by atoms with E-state index in [1.165, 1.54) is 0 Å². The fourth-order valence-corrected chi connectivity index (χ4v) is 3.89. The molecule has 0 aliphatic rings. The quantitative estimate of drug-likeness (QED) is 0.345. The van der Waals surface area contributed by atoms with Crippen LogP contribution >= 0.6 is 34.8 Å². The lowest BCUT2D eigenvalue weighted by molar-refractivity contribution is 0.472. The Kier molecular flexibility index (Phi) is 5.55. The van der Waals surface area contributed by atoms with Gasteiger partial charge in [0.25, 0.3) is 0 Å². The van der Waals surface area contributed by atoms with Gasteiger partial charge in [0.1, 0.15) is 11.3 Å². The molecule has 4 rings (SSSR count). The normalized spacial score (nSPS) is 12.1. The number of hydrogen-bond acceptors (Lipinski definition) is 3. The molecule has 0 spiro atoms. The van der Waals surface area contributed by atoms with Gasteiger partial charge in [0.2, 0.25) is 0 Å². The molecule has 0 aliphatic heterocycles. The van der Waals surface area contributed by atoms with Crippen molar-refractivity contribution in [3.63, 3.8) is 0 Å². The molecule has 0 saturated heterocycles. The number of aromatic nitrogens is 1. The highest BCUT2D eigenvalue weighted by atomic mass is 35.5. The number of hydrogen-bond donors (Lipinski definition) is 2. The zero-order valence-electron chi connectivity index (χ0n) is 15.5. The minimum atomic E-state index is -0.379. The van der Waals surface area contributed by atoms with Gasteiger partial charge in [-0.1, -0.05) is 59.1 Å². The van der Waals surface area contributed by atoms with E-state index in [-0.39, 0.29) is 11.8 Å². The smallest absolute Gasteiger partial charge is 0.147 e. The second-order valence-corrected chi connectivity index (χ2v) is 8.04. The summed E-state index contributed by atoms with van der Waals surface area (Å²) in [5.74, 6) is 0.123. The Labute approximate surface area is 183 Å². The van der Waals surface area contributed by atoms with E-state index in [1.54, 1.807) is 18.3 Å². The summed E-state index contributed by atoms with van der Waals surface area (Å²) in [4.78, 5) is 4.34. The van der Waals surface area contributed by atoms with Crippen LogP contribution in [0.25, 0.3) is 10.9 Å². The minimum Gasteiger partial charge on any atom is -0.505 e. The van der Waals surface area contributed by atoms with Crippen LogP contribution in [0.1, 0.15) is 22.7 Å². The maximum Gasteiger partial charge on any atom is 0.147 e. The van der Waals surface area contributed by atoms with Crippen molar-refractivity contribution in [1.29, 1.82) is 0 Å². The summed E-state index contributed by atoms with van der Waals surface area (Å²) < 4.78 is 0. The predicted octanol–water partition coefficient (Wildman–Crippen LogP) is 7.41. The number of nitrogens with zero attached hydrogens (tertiary/aromatic N) is 1. The van der Waals surface area contributed by atoms with E-state index in [0.29, 0.717) is 26.1 Å². The van der Waals surface area contributed by atoms with Gasteiger partial charge in [0, 0.05) is 27.9 Å². The first-order valence-electron chi connectivity index (χ1n) is 8.98. The van der Waals surface area contributed by atoms with E-state index in [1.807, 2.05) is 55.5 Å². The molecule has 6 heteroatoms. The molecule has 146 valence electrons. The fraction of sp³-hybridized carbons (Fsp3) is 0.0870. The molecular weight excluding hydrogens is 427 g/mol. The lowest BCUT2D eigenvalue weighted by atomic mass is 9.95. The number of pyridine rings is 1. The predicted molar refractivity (Wildman–Crippen MR) is 122 cm³/mol. The molecule has 1 unspecified atom stereocenters. The van der Waals surface area contributed by atoms with E-state index in [2.05, 4.69) is 10.3 Å². The van der Waals surface area contributed by atoms with Crippen molar-refractivity contribution in [1.82, 2.24) is 4.98 Å². The lowest BCUT2D eigenvalue weighted by Crippen LogP contribution is -2.13. The van der Waals surface area contributed by atoms with E-state index in [9.17, 15) is 5.11 Å². The number of benzene rings is 3. The molecule has 29 heavy (non-hydrogen) atoms. The number of aromatic hydroxyl groups is 1. The van der Waals surface area contributed by atoms with Crippen molar-refractivity contribution < 1.29 is 5.11 Å². The van der Waals surface area contributed by atoms with Crippen LogP contribution in [-0.2, 0) is 0 Å². The van der Waals surface area contributed by atoms with E-state index in [0.717, 1.165) is 22.2 Å². The molecule has 0 saturated carbocycles. The third-order valence-corrected chi connectivity index (χ3v) is 5.83. The van der Waals surface area contributed by atoms with Gasteiger partial charge in [-0.3, -0.25) is 4.98 Å². The second kappa shape index (κ2) is 8.11. The maximum atomic E-state index is 11.0. The first-order valence-corrected chi connectivity index (χ1v) is 10.1. The number of halogens is 3. The van der Waals surface area contributed by atoms with Crippen LogP contribution in [0, 0.1) is 6.92 Å². The van der Waals surface area contributed by atoms with Gasteiger partial charge in [-0.25, -0.2) is 0 Å². The number of aryl methyl sites for hydroxylation is 1. The zero-order valence-corrected chi connectivity index (χ0v) is 17.7. The average Bonchev–Trinajstić information content (AvgIpc) is 2.71. The van der Waals surface area contributed by atoms with Crippen molar-refractivity contribution in [2.24, 2.45) is 0 Å². The molecule has 3 aromatic carbocycles. The molecule has 3 nitrogen and oxygen atoms in total. The molecule has 2 N–H and O–H groups in total. The molecule has 4 aromatic rings. The number of anilines is 1. The SMILES string of the molecule is Cc1cc(Cl)ccc1NC(c1ccc(Cl)c(Cl)c1)c1ccc2cccnc2c1O. The Morgan fingerprint density at radius 1 is 0.931 bits per heavy atom. The van der Waals surface area contributed by atoms with Crippen LogP contribution in [0.5, 0.6) is 5.75 Å². The summed E-state index contributed by atoms with van der Waals surface area (Å²) >= 11 is 18.5. The average molecular weight is 444 g/mol. The van der Waals surface area contributed by atoms with Gasteiger partial charge in [-0.2, -0.15) is 0 Å². The summed E-state index contributed by atoms with van der Waals surface area (Å²) in [5, 5.41) is 17.0. The fourth-order valence-electron chi connectivity index (χ4n) is 3.36. The topological polar surface area (TPSA) is 45.2 Å². The highest BCUT2D eigenvalue weighted by Gasteiger charge is 2.21. The van der Waals surface area contributed by atoms with Gasteiger partial charge in [-0.15, -0.1) is 0 Å². The summed E-state index contributed by atoms with van der Waals surface area (Å²) in [5.41, 5.74) is 3.97. The minimum absolute atomic E-state index is 0.123. The maximum absolute atomic E-state index is 11.0. The van der Waals surface area contributed by atoms with Crippen LogP contribution in [-0.4, -0.2) is 10.1 Å². The molecule has 1 heterocycles. The van der Waals surface area contributed by atoms with Crippen LogP contribution in [0.2, 0.25) is 15.1 Å².